The predicted molar refractivity (Wildman–Crippen MR) is 614 cm³/mol. The average Bonchev–Trinajstić information content (AvgIpc) is 0.793. The number of benzene rings is 24. The number of hydrogen-bond acceptors (Lipinski definition) is 6. The van der Waals surface area contributed by atoms with Crippen LogP contribution in [0.1, 0.15) is 0 Å². The van der Waals surface area contributed by atoms with Crippen molar-refractivity contribution in [3.8, 4) is 44.5 Å². The third-order valence-electron chi connectivity index (χ3n) is 28.8. The van der Waals surface area contributed by atoms with E-state index in [4.69, 9.17) is 8.83 Å². The molecule has 0 aliphatic rings. The van der Waals surface area contributed by atoms with Crippen LogP contribution < -0.4 is 30.0 Å². The van der Waals surface area contributed by atoms with Crippen LogP contribution in [0.4, 0.5) is 77.0 Å². The van der Waals surface area contributed by atoms with Crippen LogP contribution in [0.15, 0.2) is 494 Å². The van der Waals surface area contributed by atoms with Gasteiger partial charge in [-0.2, -0.15) is 0 Å². The largest absolute Gasteiger partial charge is 0.454 e. The van der Waals surface area contributed by atoms with E-state index in [1.807, 2.05) is 194 Å². The van der Waals surface area contributed by atoms with Gasteiger partial charge in [0.25, 0.3) is 0 Å². The van der Waals surface area contributed by atoms with E-state index in [0.717, 1.165) is 188 Å². The van der Waals surface area contributed by atoms with Gasteiger partial charge in [-0.25, -0.2) is 8.78 Å². The Bertz CT molecular complexity index is 9450. The molecule has 0 radical (unpaired) electrons. The van der Waals surface area contributed by atoms with Crippen molar-refractivity contribution in [3.63, 3.8) is 0 Å². The van der Waals surface area contributed by atoms with Crippen LogP contribution >= 0.6 is 0 Å². The lowest BCUT2D eigenvalue weighted by Gasteiger charge is -2.29. The molecule has 10 heteroatoms. The average molecular weight is 1890 g/mol. The molecule has 688 valence electrons. The number of nitrogens with zero attached hydrogens (tertiary/aromatic N) is 4. The minimum absolute atomic E-state index is 0.321. The minimum atomic E-state index is -1.53. The highest BCUT2D eigenvalue weighted by Gasteiger charge is 2.31. The normalized spacial score (nSPS) is 11.9. The number of anilines is 12. The number of rotatable bonds is 18. The van der Waals surface area contributed by atoms with Gasteiger partial charge in [-0.3, -0.25) is 0 Å². The number of para-hydroxylation sites is 6. The molecule has 0 N–H and O–H groups in total. The van der Waals surface area contributed by atoms with Gasteiger partial charge in [0.05, 0.1) is 38.9 Å². The summed E-state index contributed by atoms with van der Waals surface area (Å²) >= 11 is 0. The van der Waals surface area contributed by atoms with Crippen LogP contribution in [0.3, 0.4) is 0 Å². The summed E-state index contributed by atoms with van der Waals surface area (Å²) in [5.74, 6) is -0.643. The molecule has 0 fully saturated rings. The van der Waals surface area contributed by atoms with Gasteiger partial charge in [0.2, 0.25) is 0 Å². The Morgan fingerprint density at radius 3 is 0.847 bits per heavy atom. The molecule has 26 rings (SSSR count). The Morgan fingerprint density at radius 2 is 0.465 bits per heavy atom. The SMILES string of the molecule is C[Si](C)(C)c1ccc(N(c2ccc3c(ccc4c5ccc(N(c6ccc([Si](C)(C)C)cc6)c6cccc7c6oc6ccccc67)cc5c5ccccc5c34)c2)c2cccc3c2oc2ccccc23)cc1.Fc1cc(-c2ccccc2)cc(-c2ccccc2)c1N(c1ccccc1)c1ccc2c(ccc3c4ccc(N(c5ccccc5)c5c(F)cc(-c6ccccc6)cc5-c5ccccc5)cc4c4ccccc4c23)c1. The van der Waals surface area contributed by atoms with Gasteiger partial charge in [0.1, 0.15) is 22.8 Å². The van der Waals surface area contributed by atoms with Crippen LogP contribution in [-0.4, -0.2) is 16.1 Å². The third kappa shape index (κ3) is 15.6. The molecule has 0 saturated heterocycles. The standard InChI is InChI=1S/C70H46F2N2.C64H52N2O2Si2/c71-66-44-52(47-21-7-1-8-22-47)42-63(49-25-11-3-12-26-49)69(66)73(54-29-15-5-16-30-54)56-36-39-58-51(41-56)35-38-62-60-40-37-57(46-65(60)59-33-19-20-34-61(59)68(58)62)74(55-31-17-6-18-32-55)70-64(50-27-13-4-14-28-50)43-53(45-67(70)72)48-23-9-2-10-24-48;1-69(2,3)46-32-26-42(27-33-46)65(58-21-13-19-55-51-16-9-11-23-60(51)67-63(55)58)44-30-37-48-41(39-44)25-36-54-50-38-31-45(40-57(50)49-15-7-8-18-53(49)62(48)54)66(43-28-34-47(35-29-43)70(4,5)6)59-22-14-20-56-52-17-10-12-24-61(52)68-64(56)59/h1-46H;7-40H,1-6H3. The summed E-state index contributed by atoms with van der Waals surface area (Å²) in [6.07, 6.45) is 0. The van der Waals surface area contributed by atoms with Crippen molar-refractivity contribution in [1.29, 1.82) is 0 Å². The number of hydrogen-bond donors (Lipinski definition) is 0. The first kappa shape index (κ1) is 87.9. The molecule has 0 spiro atoms. The lowest BCUT2D eigenvalue weighted by Crippen LogP contribution is -2.37. The van der Waals surface area contributed by atoms with Crippen molar-refractivity contribution in [2.24, 2.45) is 0 Å². The molecule has 24 aromatic carbocycles. The maximum Gasteiger partial charge on any atom is 0.159 e. The smallest absolute Gasteiger partial charge is 0.159 e. The molecule has 0 amide bonds. The van der Waals surface area contributed by atoms with E-state index < -0.39 is 16.1 Å². The molecule has 0 unspecified atom stereocenters. The van der Waals surface area contributed by atoms with E-state index in [-0.39, 0.29) is 11.6 Å². The van der Waals surface area contributed by atoms with E-state index in [2.05, 4.69) is 338 Å². The van der Waals surface area contributed by atoms with Crippen LogP contribution in [0.2, 0.25) is 39.3 Å². The number of halogens is 2. The molecule has 26 aromatic rings. The highest BCUT2D eigenvalue weighted by Crippen LogP contribution is 2.54. The fraction of sp³-hybridized carbons (Fsp3) is 0.0448. The fourth-order valence-corrected chi connectivity index (χ4v) is 24.2. The van der Waals surface area contributed by atoms with Crippen LogP contribution in [0.25, 0.3) is 175 Å². The molecule has 0 aliphatic carbocycles. The van der Waals surface area contributed by atoms with Crippen LogP contribution in [0.5, 0.6) is 0 Å². The monoisotopic (exact) mass is 1890 g/mol. The van der Waals surface area contributed by atoms with Gasteiger partial charge in [-0.1, -0.05) is 389 Å². The van der Waals surface area contributed by atoms with E-state index in [1.165, 1.54) is 53.5 Å². The van der Waals surface area contributed by atoms with Gasteiger partial charge < -0.3 is 28.4 Å². The first-order valence-corrected chi connectivity index (χ1v) is 56.4. The highest BCUT2D eigenvalue weighted by atomic mass is 28.3. The highest BCUT2D eigenvalue weighted by molar-refractivity contribution is 6.89. The molecule has 0 bridgehead atoms. The molecule has 0 aliphatic heterocycles. The van der Waals surface area contributed by atoms with E-state index in [9.17, 15) is 0 Å². The van der Waals surface area contributed by atoms with Crippen LogP contribution in [0, 0.1) is 11.6 Å². The molecule has 2 heterocycles. The van der Waals surface area contributed by atoms with Gasteiger partial charge in [-0.05, 0) is 265 Å². The summed E-state index contributed by atoms with van der Waals surface area (Å²) in [5.41, 5.74) is 21.1. The molecule has 2 aromatic heterocycles. The Balaban J connectivity index is 0.000000151. The second-order valence-corrected chi connectivity index (χ2v) is 49.8. The zero-order chi connectivity index (χ0) is 97.0. The molecule has 6 nitrogen and oxygen atoms in total. The maximum absolute atomic E-state index is 17.4. The lowest BCUT2D eigenvalue weighted by atomic mass is 9.90. The summed E-state index contributed by atoms with van der Waals surface area (Å²) in [4.78, 5) is 8.87. The number of furan rings is 2. The van der Waals surface area contributed by atoms with Crippen molar-refractivity contribution < 1.29 is 17.6 Å². The van der Waals surface area contributed by atoms with Crippen molar-refractivity contribution >= 4 is 225 Å². The Hall–Kier alpha value is -17.5. The van der Waals surface area contributed by atoms with Gasteiger partial charge in [0.15, 0.2) is 11.2 Å². The molecular weight excluding hydrogens is 1790 g/mol. The first-order chi connectivity index (χ1) is 70.5. The Morgan fingerprint density at radius 1 is 0.188 bits per heavy atom. The minimum Gasteiger partial charge on any atom is -0.454 e. The zero-order valence-corrected chi connectivity index (χ0v) is 82.5. The topological polar surface area (TPSA) is 39.2 Å². The van der Waals surface area contributed by atoms with Gasteiger partial charge >= 0.3 is 0 Å². The maximum atomic E-state index is 17.4. The second-order valence-electron chi connectivity index (χ2n) is 39.6. The molecule has 144 heavy (non-hydrogen) atoms. The lowest BCUT2D eigenvalue weighted by molar-refractivity contribution is 0.629. The first-order valence-electron chi connectivity index (χ1n) is 49.4. The Kier molecular flexibility index (Phi) is 22.0. The summed E-state index contributed by atoms with van der Waals surface area (Å²) in [6, 6.07) is 170. The van der Waals surface area contributed by atoms with Gasteiger partial charge in [0, 0.05) is 78.2 Å². The molecular formula is C134H98F2N4O2Si2. The van der Waals surface area contributed by atoms with Crippen molar-refractivity contribution in [1.82, 2.24) is 0 Å². The zero-order valence-electron chi connectivity index (χ0n) is 80.5. The summed E-state index contributed by atoms with van der Waals surface area (Å²) in [6.45, 7) is 14.4. The van der Waals surface area contributed by atoms with E-state index in [1.54, 1.807) is 12.1 Å². The fourth-order valence-electron chi connectivity index (χ4n) is 21.9. The third-order valence-corrected chi connectivity index (χ3v) is 32.9. The molecule has 0 atom stereocenters. The second kappa shape index (κ2) is 36.0. The van der Waals surface area contributed by atoms with Crippen molar-refractivity contribution in [2.75, 3.05) is 19.6 Å². The van der Waals surface area contributed by atoms with Crippen LogP contribution in [-0.2, 0) is 0 Å². The summed E-state index contributed by atoms with van der Waals surface area (Å²) < 4.78 is 48.2. The quantitative estimate of drug-likeness (QED) is 0.0630. The van der Waals surface area contributed by atoms with Crippen molar-refractivity contribution in [3.05, 3.63) is 497 Å². The van der Waals surface area contributed by atoms with E-state index in [0.29, 0.717) is 11.4 Å². The summed E-state index contributed by atoms with van der Waals surface area (Å²) in [5, 5.41) is 25.8. The van der Waals surface area contributed by atoms with E-state index >= 15 is 8.78 Å². The summed E-state index contributed by atoms with van der Waals surface area (Å²) in [7, 11) is -3.06. The molecule has 0 saturated carbocycles. The van der Waals surface area contributed by atoms with Gasteiger partial charge in [-0.15, -0.1) is 0 Å². The predicted octanol–water partition coefficient (Wildman–Crippen LogP) is 38.3. The Labute approximate surface area is 836 Å². The number of fused-ring (bicyclic) bond motifs is 22. The van der Waals surface area contributed by atoms with Crippen molar-refractivity contribution in [2.45, 2.75) is 39.3 Å².